The summed E-state index contributed by atoms with van der Waals surface area (Å²) in [5.74, 6) is 0.00305. The molecule has 2 aromatic carbocycles. The molecule has 0 aliphatic carbocycles. The number of rotatable bonds is 8. The fraction of sp³-hybridized carbons (Fsp3) is 0.261. The summed E-state index contributed by atoms with van der Waals surface area (Å²) >= 11 is 1.32. The third kappa shape index (κ3) is 3.91. The van der Waals surface area contributed by atoms with Crippen molar-refractivity contribution in [2.75, 3.05) is 13.7 Å². The van der Waals surface area contributed by atoms with Gasteiger partial charge in [-0.25, -0.2) is 4.98 Å². The molecule has 30 heavy (non-hydrogen) atoms. The van der Waals surface area contributed by atoms with E-state index < -0.39 is 5.25 Å². The van der Waals surface area contributed by atoms with Gasteiger partial charge in [-0.15, -0.1) is 0 Å². The van der Waals surface area contributed by atoms with Crippen LogP contribution in [-0.4, -0.2) is 39.3 Å². The van der Waals surface area contributed by atoms with E-state index in [1.54, 1.807) is 23.9 Å². The first-order chi connectivity index (χ1) is 14.6. The highest BCUT2D eigenvalue weighted by Crippen LogP contribution is 2.28. The molecule has 0 aliphatic heterocycles. The minimum Gasteiger partial charge on any atom is -0.385 e. The number of ketones is 1. The average molecular weight is 422 g/mol. The number of thioether (sulfide) groups is 1. The van der Waals surface area contributed by atoms with Crippen LogP contribution >= 0.6 is 11.8 Å². The smallest absolute Gasteiger partial charge is 0.262 e. The van der Waals surface area contributed by atoms with Crippen molar-refractivity contribution in [3.05, 3.63) is 70.6 Å². The number of fused-ring (bicyclic) bond motifs is 2. The van der Waals surface area contributed by atoms with Gasteiger partial charge in [-0.3, -0.25) is 14.2 Å². The number of H-pyrrole nitrogens is 1. The minimum absolute atomic E-state index is 0.00305. The van der Waals surface area contributed by atoms with Gasteiger partial charge in [0.05, 0.1) is 16.2 Å². The first-order valence-corrected chi connectivity index (χ1v) is 10.7. The lowest BCUT2D eigenvalue weighted by Crippen LogP contribution is -2.25. The summed E-state index contributed by atoms with van der Waals surface area (Å²) in [6, 6.07) is 15.0. The van der Waals surface area contributed by atoms with E-state index in [2.05, 4.69) is 4.98 Å². The third-order valence-electron chi connectivity index (χ3n) is 5.06. The van der Waals surface area contributed by atoms with Gasteiger partial charge in [0, 0.05) is 42.9 Å². The molecule has 6 nitrogen and oxygen atoms in total. The number of hydrogen-bond acceptors (Lipinski definition) is 5. The van der Waals surface area contributed by atoms with Crippen LogP contribution in [0.1, 0.15) is 23.7 Å². The molecule has 154 valence electrons. The molecule has 4 aromatic rings. The Hall–Kier alpha value is -2.90. The first-order valence-electron chi connectivity index (χ1n) is 9.85. The van der Waals surface area contributed by atoms with Crippen LogP contribution in [0.15, 0.2) is 64.7 Å². The van der Waals surface area contributed by atoms with E-state index in [-0.39, 0.29) is 11.3 Å². The lowest BCUT2D eigenvalue weighted by molar-refractivity contribution is 0.0995. The maximum Gasteiger partial charge on any atom is 0.262 e. The normalized spacial score (nSPS) is 12.5. The molecule has 2 heterocycles. The molecular formula is C23H23N3O3S. The van der Waals surface area contributed by atoms with Crippen molar-refractivity contribution in [1.82, 2.24) is 14.5 Å². The van der Waals surface area contributed by atoms with Crippen LogP contribution in [0.4, 0.5) is 0 Å². The average Bonchev–Trinajstić information content (AvgIpc) is 3.19. The number of Topliss-reactive ketones (excluding diaryl/α,β-unsaturated/α-hetero) is 1. The van der Waals surface area contributed by atoms with E-state index in [1.165, 1.54) is 11.8 Å². The highest BCUT2D eigenvalue weighted by Gasteiger charge is 2.22. The molecular weight excluding hydrogens is 398 g/mol. The Kier molecular flexibility index (Phi) is 6.01. The van der Waals surface area contributed by atoms with Gasteiger partial charge in [-0.05, 0) is 31.5 Å². The second-order valence-corrected chi connectivity index (χ2v) is 8.39. The van der Waals surface area contributed by atoms with Gasteiger partial charge >= 0.3 is 0 Å². The van der Waals surface area contributed by atoms with Crippen molar-refractivity contribution in [2.24, 2.45) is 0 Å². The van der Waals surface area contributed by atoms with Crippen molar-refractivity contribution >= 4 is 39.4 Å². The van der Waals surface area contributed by atoms with Gasteiger partial charge in [0.1, 0.15) is 0 Å². The second-order valence-electron chi connectivity index (χ2n) is 7.09. The minimum atomic E-state index is -0.397. The highest BCUT2D eigenvalue weighted by molar-refractivity contribution is 8.00. The maximum atomic E-state index is 13.2. The van der Waals surface area contributed by atoms with Crippen molar-refractivity contribution in [1.29, 1.82) is 0 Å². The van der Waals surface area contributed by atoms with Crippen LogP contribution in [0.3, 0.4) is 0 Å². The predicted molar refractivity (Wildman–Crippen MR) is 120 cm³/mol. The third-order valence-corrected chi connectivity index (χ3v) is 6.15. The zero-order chi connectivity index (χ0) is 21.1. The number of methoxy groups -OCH3 is 1. The molecule has 1 N–H and O–H groups in total. The van der Waals surface area contributed by atoms with Crippen molar-refractivity contribution in [3.63, 3.8) is 0 Å². The van der Waals surface area contributed by atoms with E-state index in [9.17, 15) is 9.59 Å². The molecule has 4 rings (SSSR count). The molecule has 0 amide bonds. The molecule has 0 bridgehead atoms. The summed E-state index contributed by atoms with van der Waals surface area (Å²) in [7, 11) is 1.64. The predicted octanol–water partition coefficient (Wildman–Crippen LogP) is 4.28. The SMILES string of the molecule is COCCCn1c(SC(C)C(=O)c2c[nH]c3ccccc23)nc2ccccc2c1=O. The van der Waals surface area contributed by atoms with Crippen LogP contribution in [-0.2, 0) is 11.3 Å². The summed E-state index contributed by atoms with van der Waals surface area (Å²) < 4.78 is 6.80. The summed E-state index contributed by atoms with van der Waals surface area (Å²) in [4.78, 5) is 34.1. The molecule has 0 spiro atoms. The Bertz CT molecular complexity index is 1260. The number of para-hydroxylation sites is 2. The number of carbonyl (C=O) groups is 1. The van der Waals surface area contributed by atoms with Gasteiger partial charge in [0.2, 0.25) is 0 Å². The Morgan fingerprint density at radius 1 is 1.17 bits per heavy atom. The van der Waals surface area contributed by atoms with Gasteiger partial charge in [0.15, 0.2) is 10.9 Å². The molecule has 0 radical (unpaired) electrons. The molecule has 0 saturated heterocycles. The first kappa shape index (κ1) is 20.4. The van der Waals surface area contributed by atoms with Gasteiger partial charge in [0.25, 0.3) is 5.56 Å². The quantitative estimate of drug-likeness (QED) is 0.199. The Morgan fingerprint density at radius 2 is 1.90 bits per heavy atom. The molecule has 7 heteroatoms. The van der Waals surface area contributed by atoms with Crippen LogP contribution in [0.2, 0.25) is 0 Å². The molecule has 0 fully saturated rings. The zero-order valence-electron chi connectivity index (χ0n) is 16.9. The number of benzene rings is 2. The molecule has 1 atom stereocenters. The van der Waals surface area contributed by atoms with E-state index in [0.29, 0.717) is 41.2 Å². The van der Waals surface area contributed by atoms with Gasteiger partial charge in [-0.1, -0.05) is 42.1 Å². The van der Waals surface area contributed by atoms with Crippen LogP contribution in [0.5, 0.6) is 0 Å². The number of nitrogens with zero attached hydrogens (tertiary/aromatic N) is 2. The standard InChI is InChI=1S/C23H23N3O3S/c1-15(21(27)18-14-24-19-10-5-3-8-16(18)19)30-23-25-20-11-6-4-9-17(20)22(28)26(23)12-7-13-29-2/h3-6,8-11,14-15,24H,7,12-13H2,1-2H3. The maximum absolute atomic E-state index is 13.2. The lowest BCUT2D eigenvalue weighted by Gasteiger charge is -2.15. The van der Waals surface area contributed by atoms with E-state index in [4.69, 9.17) is 9.72 Å². The number of aromatic amines is 1. The van der Waals surface area contributed by atoms with Crippen molar-refractivity contribution in [2.45, 2.75) is 30.3 Å². The van der Waals surface area contributed by atoms with Gasteiger partial charge in [-0.2, -0.15) is 0 Å². The fourth-order valence-electron chi connectivity index (χ4n) is 3.51. The second kappa shape index (κ2) is 8.85. The van der Waals surface area contributed by atoms with Crippen LogP contribution < -0.4 is 5.56 Å². The van der Waals surface area contributed by atoms with Crippen LogP contribution in [0.25, 0.3) is 21.8 Å². The number of hydrogen-bond donors (Lipinski definition) is 1. The van der Waals surface area contributed by atoms with E-state index >= 15 is 0 Å². The van der Waals surface area contributed by atoms with Crippen molar-refractivity contribution in [3.8, 4) is 0 Å². The monoisotopic (exact) mass is 421 g/mol. The molecule has 2 aromatic heterocycles. The fourth-order valence-corrected chi connectivity index (χ4v) is 4.51. The highest BCUT2D eigenvalue weighted by atomic mass is 32.2. The number of aromatic nitrogens is 3. The zero-order valence-corrected chi connectivity index (χ0v) is 17.7. The summed E-state index contributed by atoms with van der Waals surface area (Å²) in [6.07, 6.45) is 2.44. The largest absolute Gasteiger partial charge is 0.385 e. The van der Waals surface area contributed by atoms with E-state index in [1.807, 2.05) is 49.4 Å². The Morgan fingerprint density at radius 3 is 2.70 bits per heavy atom. The molecule has 0 aliphatic rings. The summed E-state index contributed by atoms with van der Waals surface area (Å²) in [5, 5.41) is 1.63. The lowest BCUT2D eigenvalue weighted by atomic mass is 10.1. The van der Waals surface area contributed by atoms with Crippen LogP contribution in [0, 0.1) is 0 Å². The molecule has 1 unspecified atom stereocenters. The number of carbonyl (C=O) groups excluding carboxylic acids is 1. The summed E-state index contributed by atoms with van der Waals surface area (Å²) in [5.41, 5.74) is 2.13. The number of nitrogens with one attached hydrogen (secondary N) is 1. The topological polar surface area (TPSA) is 77.0 Å². The Balaban J connectivity index is 1.68. The molecule has 0 saturated carbocycles. The van der Waals surface area contributed by atoms with E-state index in [0.717, 1.165) is 10.9 Å². The number of ether oxygens (including phenoxy) is 1. The van der Waals surface area contributed by atoms with Gasteiger partial charge < -0.3 is 9.72 Å². The summed E-state index contributed by atoms with van der Waals surface area (Å²) in [6.45, 7) is 2.89. The van der Waals surface area contributed by atoms with Crippen molar-refractivity contribution < 1.29 is 9.53 Å². The Labute approximate surface area is 178 Å².